The molecule has 1 saturated heterocycles. The summed E-state index contributed by atoms with van der Waals surface area (Å²) in [5.74, 6) is -2.55. The number of ether oxygens (including phenoxy) is 1. The molecule has 1 aliphatic rings. The van der Waals surface area contributed by atoms with Gasteiger partial charge in [-0.2, -0.15) is 13.2 Å². The average molecular weight is 426 g/mol. The van der Waals surface area contributed by atoms with Crippen molar-refractivity contribution in [2.45, 2.75) is 17.9 Å². The summed E-state index contributed by atoms with van der Waals surface area (Å²) in [4.78, 5) is 24.9. The van der Waals surface area contributed by atoms with Gasteiger partial charge in [0.1, 0.15) is 18.3 Å². The van der Waals surface area contributed by atoms with E-state index in [1.807, 2.05) is 0 Å². The van der Waals surface area contributed by atoms with E-state index >= 15 is 0 Å². The zero-order chi connectivity index (χ0) is 21.2. The normalized spacial score (nSPS) is 24.3. The van der Waals surface area contributed by atoms with Crippen LogP contribution in [-0.2, 0) is 0 Å². The number of thiophene rings is 1. The Morgan fingerprint density at radius 3 is 2.55 bits per heavy atom. The molecule has 1 fully saturated rings. The maximum absolute atomic E-state index is 13.8. The molecule has 10 heteroatoms. The van der Waals surface area contributed by atoms with Crippen molar-refractivity contribution in [1.29, 1.82) is 0 Å². The minimum absolute atomic E-state index is 0.0339. The molecule has 0 radical (unpaired) electrons. The third-order valence-electron chi connectivity index (χ3n) is 4.46. The Kier molecular flexibility index (Phi) is 5.67. The molecule has 2 amide bonds. The van der Waals surface area contributed by atoms with Crippen LogP contribution < -0.4 is 15.4 Å². The molecule has 0 saturated carbocycles. The van der Waals surface area contributed by atoms with Crippen LogP contribution in [0.4, 0.5) is 18.0 Å². The van der Waals surface area contributed by atoms with Gasteiger partial charge in [-0.15, -0.1) is 11.3 Å². The first kappa shape index (κ1) is 20.9. The van der Waals surface area contributed by atoms with Crippen molar-refractivity contribution in [1.82, 2.24) is 10.6 Å². The number of ketones is 1. The Morgan fingerprint density at radius 2 is 2.00 bits per heavy atom. The van der Waals surface area contributed by atoms with Crippen molar-refractivity contribution in [2.75, 3.05) is 6.61 Å². The van der Waals surface area contributed by atoms with Crippen molar-refractivity contribution < 1.29 is 32.6 Å². The van der Waals surface area contributed by atoms with Gasteiger partial charge in [-0.3, -0.25) is 4.79 Å². The molecule has 2 aromatic rings. The van der Waals surface area contributed by atoms with Gasteiger partial charge in [0.25, 0.3) is 0 Å². The first-order valence-corrected chi connectivity index (χ1v) is 9.34. The number of aliphatic hydroxyl groups is 1. The van der Waals surface area contributed by atoms with Gasteiger partial charge in [0.05, 0.1) is 10.9 Å². The number of benzene rings is 1. The van der Waals surface area contributed by atoms with Crippen LogP contribution in [0.15, 0.2) is 54.4 Å². The van der Waals surface area contributed by atoms with Crippen molar-refractivity contribution in [2.24, 2.45) is 5.92 Å². The van der Waals surface area contributed by atoms with Crippen LogP contribution in [0.1, 0.15) is 21.3 Å². The molecule has 154 valence electrons. The largest absolute Gasteiger partial charge is 0.490 e. The van der Waals surface area contributed by atoms with Gasteiger partial charge < -0.3 is 20.5 Å². The Morgan fingerprint density at radius 1 is 1.31 bits per heavy atom. The fourth-order valence-corrected chi connectivity index (χ4v) is 3.82. The number of nitrogens with one attached hydrogen (secondary N) is 2. The molecule has 1 aromatic carbocycles. The lowest BCUT2D eigenvalue weighted by atomic mass is 9.78. The van der Waals surface area contributed by atoms with E-state index in [4.69, 9.17) is 4.74 Å². The van der Waals surface area contributed by atoms with Crippen molar-refractivity contribution >= 4 is 23.2 Å². The number of carbonyl (C=O) groups excluding carboxylic acids is 2. The van der Waals surface area contributed by atoms with Gasteiger partial charge in [-0.25, -0.2) is 4.79 Å². The van der Waals surface area contributed by atoms with Crippen LogP contribution in [0.2, 0.25) is 0 Å². The minimum Gasteiger partial charge on any atom is -0.490 e. The van der Waals surface area contributed by atoms with Crippen molar-refractivity contribution in [3.8, 4) is 5.75 Å². The molecular weight excluding hydrogens is 409 g/mol. The Bertz CT molecular complexity index is 899. The summed E-state index contributed by atoms with van der Waals surface area (Å²) in [6.45, 7) is 3.75. The highest BCUT2D eigenvalue weighted by molar-refractivity contribution is 7.12. The number of hydrogen-bond donors (Lipinski definition) is 3. The average Bonchev–Trinajstić information content (AvgIpc) is 3.20. The fraction of sp³-hybridized carbons (Fsp3) is 0.263. The van der Waals surface area contributed by atoms with Gasteiger partial charge in [-0.1, -0.05) is 30.9 Å². The Labute approximate surface area is 168 Å². The molecule has 0 unspecified atom stereocenters. The lowest BCUT2D eigenvalue weighted by molar-refractivity contribution is -0.287. The highest BCUT2D eigenvalue weighted by Gasteiger charge is 2.66. The minimum atomic E-state index is -5.28. The second-order valence-electron chi connectivity index (χ2n) is 6.33. The van der Waals surface area contributed by atoms with Crippen LogP contribution in [0.25, 0.3) is 0 Å². The molecule has 1 aliphatic heterocycles. The molecular formula is C19H17F3N2O4S. The summed E-state index contributed by atoms with van der Waals surface area (Å²) in [7, 11) is 0. The number of rotatable bonds is 6. The van der Waals surface area contributed by atoms with Gasteiger partial charge in [0, 0.05) is 0 Å². The van der Waals surface area contributed by atoms with E-state index in [1.165, 1.54) is 53.2 Å². The molecule has 29 heavy (non-hydrogen) atoms. The molecule has 1 aromatic heterocycles. The summed E-state index contributed by atoms with van der Waals surface area (Å²) < 4.78 is 46.7. The van der Waals surface area contributed by atoms with E-state index in [-0.39, 0.29) is 17.0 Å². The predicted octanol–water partition coefficient (Wildman–Crippen LogP) is 3.42. The van der Waals surface area contributed by atoms with Crippen LogP contribution in [-0.4, -0.2) is 35.4 Å². The van der Waals surface area contributed by atoms with Crippen molar-refractivity contribution in [3.05, 3.63) is 64.9 Å². The molecule has 0 spiro atoms. The quantitative estimate of drug-likeness (QED) is 0.488. The molecule has 3 N–H and O–H groups in total. The number of Topliss-reactive ketones (excluding diaryl/α,β-unsaturated/α-hetero) is 1. The maximum Gasteiger partial charge on any atom is 0.437 e. The maximum atomic E-state index is 13.8. The number of carbonyl (C=O) groups is 2. The molecule has 0 bridgehead atoms. The summed E-state index contributed by atoms with van der Waals surface area (Å²) in [6, 6.07) is 6.07. The summed E-state index contributed by atoms with van der Waals surface area (Å²) in [5, 5.41) is 15.8. The number of hydrogen-bond acceptors (Lipinski definition) is 5. The highest BCUT2D eigenvalue weighted by Crippen LogP contribution is 2.44. The van der Waals surface area contributed by atoms with E-state index in [9.17, 15) is 27.9 Å². The van der Waals surface area contributed by atoms with Gasteiger partial charge in [0.15, 0.2) is 5.78 Å². The van der Waals surface area contributed by atoms with E-state index in [2.05, 4.69) is 11.9 Å². The number of urea groups is 1. The first-order chi connectivity index (χ1) is 13.7. The molecule has 3 atom stereocenters. The molecule has 0 aliphatic carbocycles. The second kappa shape index (κ2) is 7.88. The third-order valence-corrected chi connectivity index (χ3v) is 5.34. The van der Waals surface area contributed by atoms with Gasteiger partial charge in [-0.05, 0) is 29.1 Å². The highest BCUT2D eigenvalue weighted by atomic mass is 32.1. The topological polar surface area (TPSA) is 87.7 Å². The van der Waals surface area contributed by atoms with E-state index in [0.29, 0.717) is 5.75 Å². The van der Waals surface area contributed by atoms with E-state index in [0.717, 1.165) is 11.3 Å². The van der Waals surface area contributed by atoms with E-state index < -0.39 is 35.7 Å². The summed E-state index contributed by atoms with van der Waals surface area (Å²) >= 11 is 0.948. The molecule has 6 nitrogen and oxygen atoms in total. The summed E-state index contributed by atoms with van der Waals surface area (Å²) in [5.41, 5.74) is -3.53. The Hall–Kier alpha value is -2.85. The van der Waals surface area contributed by atoms with Crippen LogP contribution in [0, 0.1) is 5.92 Å². The monoisotopic (exact) mass is 426 g/mol. The van der Waals surface area contributed by atoms with Crippen LogP contribution >= 0.6 is 11.3 Å². The smallest absolute Gasteiger partial charge is 0.437 e. The SMILES string of the molecule is C=CCOc1ccc([C@@H]2NC(=O)N[C@@](O)(C(F)(F)F)[C@@H]2C(=O)c2cccs2)cc1. The van der Waals surface area contributed by atoms with Crippen LogP contribution in [0.3, 0.4) is 0 Å². The lowest BCUT2D eigenvalue weighted by Gasteiger charge is -2.44. The fourth-order valence-electron chi connectivity index (χ4n) is 3.12. The predicted molar refractivity (Wildman–Crippen MR) is 99.7 cm³/mol. The molecule has 2 heterocycles. The molecule has 3 rings (SSSR count). The van der Waals surface area contributed by atoms with Gasteiger partial charge in [0.2, 0.25) is 5.72 Å². The second-order valence-corrected chi connectivity index (χ2v) is 7.28. The zero-order valence-corrected chi connectivity index (χ0v) is 15.7. The van der Waals surface area contributed by atoms with Crippen molar-refractivity contribution in [3.63, 3.8) is 0 Å². The number of alkyl halides is 3. The van der Waals surface area contributed by atoms with Crippen LogP contribution in [0.5, 0.6) is 5.75 Å². The lowest BCUT2D eigenvalue weighted by Crippen LogP contribution is -2.72. The summed E-state index contributed by atoms with van der Waals surface area (Å²) in [6.07, 6.45) is -3.76. The van der Waals surface area contributed by atoms with E-state index in [1.54, 1.807) is 0 Å². The third kappa shape index (κ3) is 3.99. The first-order valence-electron chi connectivity index (χ1n) is 8.46. The number of amides is 2. The van der Waals surface area contributed by atoms with Gasteiger partial charge >= 0.3 is 12.2 Å². The zero-order valence-electron chi connectivity index (χ0n) is 14.9. The Balaban J connectivity index is 2.05. The standard InChI is InChI=1S/C19H17F3N2O4S/c1-2-9-28-12-7-5-11(6-8-12)15-14(16(25)13-4-3-10-29-13)18(27,19(20,21)22)24-17(26)23-15/h2-8,10,14-15,27H,1,9H2,(H2,23,24,26)/t14-,15-,18-/m0/s1. The number of halogens is 3.